The number of hydrogen-bond acceptors (Lipinski definition) is 9. The van der Waals surface area contributed by atoms with Gasteiger partial charge in [0.15, 0.2) is 0 Å². The number of rotatable bonds is 10. The minimum absolute atomic E-state index is 0. The number of phenols is 1. The van der Waals surface area contributed by atoms with Gasteiger partial charge in [-0.3, -0.25) is 23.8 Å². The van der Waals surface area contributed by atoms with Gasteiger partial charge in [-0.2, -0.15) is 0 Å². The van der Waals surface area contributed by atoms with Gasteiger partial charge in [0.05, 0.1) is 61.2 Å². The molecule has 27 aromatic rings. The van der Waals surface area contributed by atoms with Gasteiger partial charge in [0.1, 0.15) is 28.5 Å². The van der Waals surface area contributed by atoms with Crippen LogP contribution in [0.4, 0.5) is 0 Å². The maximum absolute atomic E-state index is 10.1. The van der Waals surface area contributed by atoms with Crippen LogP contribution in [0.1, 0.15) is 0 Å². The summed E-state index contributed by atoms with van der Waals surface area (Å²) in [5.41, 5.74) is 22.2. The van der Waals surface area contributed by atoms with Crippen LogP contribution in [0.3, 0.4) is 0 Å². The number of pyridine rings is 6. The molecule has 0 bridgehead atoms. The van der Waals surface area contributed by atoms with Gasteiger partial charge in [-0.05, 0) is 186 Å². The molecule has 0 amide bonds. The molecule has 17 heteroatoms. The van der Waals surface area contributed by atoms with Crippen LogP contribution in [0.5, 0.6) is 28.7 Å². The van der Waals surface area contributed by atoms with E-state index in [-0.39, 0.29) is 26.2 Å². The number of para-hydroxylation sites is 6. The minimum atomic E-state index is 0. The molecule has 0 aliphatic carbocycles. The van der Waals surface area contributed by atoms with Crippen molar-refractivity contribution in [3.63, 3.8) is 0 Å². The van der Waals surface area contributed by atoms with Crippen LogP contribution in [0.25, 0.3) is 198 Å². The van der Waals surface area contributed by atoms with Crippen molar-refractivity contribution in [1.82, 2.24) is 56.8 Å². The molecule has 0 fully saturated rings. The summed E-state index contributed by atoms with van der Waals surface area (Å²) in [4.78, 5) is 27.5. The molecule has 0 spiro atoms. The van der Waals surface area contributed by atoms with Crippen molar-refractivity contribution in [3.8, 4) is 79.6 Å². The molecule has 0 aliphatic rings. The van der Waals surface area contributed by atoms with Crippen LogP contribution in [0.2, 0.25) is 0 Å². The molecule has 0 radical (unpaired) electrons. The minimum Gasteiger partial charge on any atom is -0.508 e. The number of halogens is 1. The normalized spacial score (nSPS) is 11.5. The number of hydrogen-bond donors (Lipinski definition) is 1. The second-order valence-corrected chi connectivity index (χ2v) is 32.8. The van der Waals surface area contributed by atoms with E-state index in [9.17, 15) is 5.11 Å². The van der Waals surface area contributed by atoms with Crippen molar-refractivity contribution in [2.75, 3.05) is 0 Å². The van der Waals surface area contributed by atoms with Crippen LogP contribution in [-0.2, 0) is 20.4 Å². The molecule has 15 nitrogen and oxygen atoms in total. The third-order valence-electron chi connectivity index (χ3n) is 24.4. The summed E-state index contributed by atoms with van der Waals surface area (Å²) in [5.74, 6) is 2.98. The molecule has 0 unspecified atom stereocenters. The molecule has 0 saturated heterocycles. The fraction of sp³-hybridized carbons (Fsp3) is 0. The molecule has 0 aliphatic heterocycles. The second-order valence-electron chi connectivity index (χ2n) is 31.9. The molecule has 1 N–H and O–H groups in total. The Hall–Kier alpha value is -16.7. The monoisotopic (exact) mass is 1840 g/mol. The number of aromatic hydroxyl groups is 1. The van der Waals surface area contributed by atoms with Crippen LogP contribution in [0, 0.1) is 12.1 Å². The summed E-state index contributed by atoms with van der Waals surface area (Å²) >= 11 is 3.43. The first-order valence-electron chi connectivity index (χ1n) is 42.8. The van der Waals surface area contributed by atoms with Crippen molar-refractivity contribution >= 4 is 163 Å². The Kier molecular flexibility index (Phi) is 20.1. The number of fused-ring (bicyclic) bond motifs is 30. The van der Waals surface area contributed by atoms with Crippen molar-refractivity contribution in [2.24, 2.45) is 0 Å². The molecule has 15 aromatic carbocycles. The van der Waals surface area contributed by atoms with Crippen molar-refractivity contribution in [1.29, 1.82) is 0 Å². The number of ether oxygens (including phenoxy) is 2. The Bertz CT molecular complexity index is 8750. The van der Waals surface area contributed by atoms with E-state index in [1.165, 1.54) is 59.8 Å². The van der Waals surface area contributed by atoms with Crippen molar-refractivity contribution < 1.29 is 35.0 Å². The topological polar surface area (TPSA) is 144 Å². The van der Waals surface area contributed by atoms with Gasteiger partial charge in [-0.15, -0.1) is 29.8 Å². The molecule has 12 aromatic heterocycles. The quantitative estimate of drug-likeness (QED) is 0.0804. The summed E-state index contributed by atoms with van der Waals surface area (Å²) in [5, 5.41) is 27.0. The molecular weight excluding hydrogens is 1770 g/mol. The third-order valence-corrected chi connectivity index (χ3v) is 24.8. The van der Waals surface area contributed by atoms with Gasteiger partial charge in [0.25, 0.3) is 0 Å². The van der Waals surface area contributed by atoms with Gasteiger partial charge in [0, 0.05) is 159 Å². The number of benzene rings is 15. The molecule has 0 atom stereocenters. The first-order chi connectivity index (χ1) is 64.3. The molecule has 0 saturated carbocycles. The summed E-state index contributed by atoms with van der Waals surface area (Å²) in [7, 11) is 0. The first kappa shape index (κ1) is 79.0. The molecular formula is C114H71BrN12O3Pd. The number of aromatic nitrogens is 12. The standard InChI is InChI=1S/C38H24N4O.C38H22N4O.C27H17N3O.C11H8BrN.Pd/c2*1-2-10-26(11-3-1)42-34-15-5-4-13-31(34)36-35(42)19-18-30-29-17-16-28(24-32(29)38-40-21-22-41(38)37(30)36)43-27-12-8-9-25(23-27)33-14-6-7-20-39-33;31-18-10-11-19-20-12-13-24-25(26(20)29-15-14-28-27(29)22(19)16-18)21-8-4-5-9-23(21)30(24)17-6-2-1-3-7-17;12-10-5-3-4-9(8-10)11-6-1-2-7-13-11;/h1-24H;1-22H;1-16,31H;1-8H;/q;-2;;;+2. The van der Waals surface area contributed by atoms with Gasteiger partial charge in [-0.1, -0.05) is 221 Å². The molecule has 12 heterocycles. The van der Waals surface area contributed by atoms with E-state index >= 15 is 0 Å². The largest absolute Gasteiger partial charge is 2.00 e. The van der Waals surface area contributed by atoms with Gasteiger partial charge in [0.2, 0.25) is 0 Å². The molecule has 27 rings (SSSR count). The van der Waals surface area contributed by atoms with Crippen LogP contribution >= 0.6 is 15.9 Å². The van der Waals surface area contributed by atoms with Crippen molar-refractivity contribution in [3.05, 3.63) is 442 Å². The van der Waals surface area contributed by atoms with Crippen LogP contribution in [0.15, 0.2) is 430 Å². The maximum atomic E-state index is 10.1. The average Bonchev–Trinajstić information content (AvgIpc) is 1.57. The smallest absolute Gasteiger partial charge is 0.508 e. The van der Waals surface area contributed by atoms with E-state index in [0.29, 0.717) is 11.5 Å². The van der Waals surface area contributed by atoms with Gasteiger partial charge in [-0.25, -0.2) is 9.97 Å². The fourth-order valence-corrected chi connectivity index (χ4v) is 19.3. The van der Waals surface area contributed by atoms with Gasteiger partial charge >= 0.3 is 20.4 Å². The number of phenolic OH excluding ortho intramolecular Hbond substituents is 1. The summed E-state index contributed by atoms with van der Waals surface area (Å²) in [6.07, 6.45) is 17.1. The first-order valence-corrected chi connectivity index (χ1v) is 43.6. The Morgan fingerprint density at radius 1 is 0.267 bits per heavy atom. The van der Waals surface area contributed by atoms with E-state index in [2.05, 4.69) is 299 Å². The number of imidazole rings is 3. The molecule has 622 valence electrons. The molecule has 131 heavy (non-hydrogen) atoms. The zero-order valence-corrected chi connectivity index (χ0v) is 72.9. The Morgan fingerprint density at radius 2 is 0.679 bits per heavy atom. The van der Waals surface area contributed by atoms with E-state index in [4.69, 9.17) is 19.4 Å². The van der Waals surface area contributed by atoms with Crippen LogP contribution < -0.4 is 9.47 Å². The zero-order valence-electron chi connectivity index (χ0n) is 69.7. The van der Waals surface area contributed by atoms with Gasteiger partial charge < -0.3 is 37.7 Å². The average molecular weight is 1840 g/mol. The maximum Gasteiger partial charge on any atom is 2.00 e. The van der Waals surface area contributed by atoms with E-state index in [0.717, 1.165) is 154 Å². The fourth-order valence-electron chi connectivity index (χ4n) is 18.9. The van der Waals surface area contributed by atoms with E-state index in [1.54, 1.807) is 30.7 Å². The van der Waals surface area contributed by atoms with Crippen molar-refractivity contribution in [2.45, 2.75) is 0 Å². The second kappa shape index (κ2) is 33.3. The zero-order chi connectivity index (χ0) is 86.3. The summed E-state index contributed by atoms with van der Waals surface area (Å²) in [6.45, 7) is 0. The van der Waals surface area contributed by atoms with E-state index in [1.807, 2.05) is 171 Å². The number of nitrogens with zero attached hydrogens (tertiary/aromatic N) is 12. The predicted molar refractivity (Wildman–Crippen MR) is 530 cm³/mol. The summed E-state index contributed by atoms with van der Waals surface area (Å²) in [6, 6.07) is 133. The Labute approximate surface area is 771 Å². The SMILES string of the molecule is Brc1cccc(-c2ccccn2)c1.Oc1ccc2c(c1)c1nccn1c1c2ccc2c1c1ccccc1n2-c1ccccc1.[Pd+2].[c-]1c(Oc2[c-]c3c(cc2)c2ccc4c(c5ccccc5n4-c4ccccc4)c2n2ccnc32)cccc1-c1ccccn1.c1ccc(-n2c3ccccc3c3c2ccc2c4ccc(Oc5cccc(-c6ccccn6)c5)cc4c4nccn4c23)cc1. The summed E-state index contributed by atoms with van der Waals surface area (Å²) < 4.78 is 27.4. The van der Waals surface area contributed by atoms with Crippen LogP contribution in [-0.4, -0.2) is 61.9 Å². The Balaban J connectivity index is 0.000000105. The predicted octanol–water partition coefficient (Wildman–Crippen LogP) is 28.7. The third kappa shape index (κ3) is 13.9. The Morgan fingerprint density at radius 3 is 1.19 bits per heavy atom. The van der Waals surface area contributed by atoms with E-state index < -0.39 is 0 Å².